The molecule has 2 atom stereocenters. The first-order chi connectivity index (χ1) is 18.4. The first-order valence-electron chi connectivity index (χ1n) is 13.4. The van der Waals surface area contributed by atoms with E-state index in [2.05, 4.69) is 30.8 Å². The van der Waals surface area contributed by atoms with Gasteiger partial charge in [0, 0.05) is 61.4 Å². The molecule has 9 heteroatoms. The first-order valence-corrected chi connectivity index (χ1v) is 13.4. The molecule has 0 radical (unpaired) electrons. The monoisotopic (exact) mass is 542 g/mol. The quantitative estimate of drug-likeness (QED) is 0.382. The van der Waals surface area contributed by atoms with E-state index in [1.54, 1.807) is 4.68 Å². The number of halogens is 4. The number of amides is 1. The van der Waals surface area contributed by atoms with Crippen LogP contribution < -0.4 is 0 Å². The maximum absolute atomic E-state index is 14.8. The number of likely N-dealkylation sites (tertiary alicyclic amines) is 2. The predicted octanol–water partition coefficient (Wildman–Crippen LogP) is 5.96. The van der Waals surface area contributed by atoms with Gasteiger partial charge in [-0.1, -0.05) is 6.07 Å². The van der Waals surface area contributed by atoms with Gasteiger partial charge in [0.1, 0.15) is 11.6 Å². The molecule has 5 rings (SSSR count). The van der Waals surface area contributed by atoms with Gasteiger partial charge in [-0.05, 0) is 70.4 Å². The summed E-state index contributed by atoms with van der Waals surface area (Å²) in [4.78, 5) is 17.9. The van der Waals surface area contributed by atoms with E-state index in [0.29, 0.717) is 50.3 Å². The number of nitrogens with zero attached hydrogens (tertiary/aromatic N) is 4. The summed E-state index contributed by atoms with van der Waals surface area (Å²) in [5, 5.41) is 4.51. The molecular weight excluding hydrogens is 508 g/mol. The number of carbonyl (C=O) groups is 1. The molecule has 3 aromatic rings. The van der Waals surface area contributed by atoms with Crippen LogP contribution in [-0.2, 0) is 4.79 Å². The van der Waals surface area contributed by atoms with Crippen LogP contribution >= 0.6 is 0 Å². The van der Waals surface area contributed by atoms with Gasteiger partial charge in [-0.2, -0.15) is 5.10 Å². The van der Waals surface area contributed by atoms with E-state index in [9.17, 15) is 22.4 Å². The maximum Gasteiger partial charge on any atom is 0.227 e. The Morgan fingerprint density at radius 3 is 2.26 bits per heavy atom. The minimum atomic E-state index is -0.931. The highest BCUT2D eigenvalue weighted by molar-refractivity contribution is 5.81. The summed E-state index contributed by atoms with van der Waals surface area (Å²) in [6.45, 7) is 10.1. The fourth-order valence-electron chi connectivity index (χ4n) is 5.98. The van der Waals surface area contributed by atoms with Crippen molar-refractivity contribution in [1.29, 1.82) is 0 Å². The predicted molar refractivity (Wildman–Crippen MR) is 141 cm³/mol. The Bertz CT molecular complexity index is 1370. The van der Waals surface area contributed by atoms with Crippen molar-refractivity contribution in [1.82, 2.24) is 19.6 Å². The number of rotatable bonds is 4. The van der Waals surface area contributed by atoms with Crippen LogP contribution in [-0.4, -0.2) is 57.2 Å². The van der Waals surface area contributed by atoms with Gasteiger partial charge in [-0.15, -0.1) is 0 Å². The minimum Gasteiger partial charge on any atom is -0.342 e. The third-order valence-electron chi connectivity index (χ3n) is 8.18. The Morgan fingerprint density at radius 2 is 1.62 bits per heavy atom. The smallest absolute Gasteiger partial charge is 0.227 e. The van der Waals surface area contributed by atoms with Crippen molar-refractivity contribution < 1.29 is 22.4 Å². The van der Waals surface area contributed by atoms with Gasteiger partial charge in [-0.25, -0.2) is 22.2 Å². The highest BCUT2D eigenvalue weighted by Crippen LogP contribution is 2.39. The lowest BCUT2D eigenvalue weighted by Crippen LogP contribution is -2.44. The number of hydrogen-bond acceptors (Lipinski definition) is 3. The van der Waals surface area contributed by atoms with Crippen LogP contribution in [0.5, 0.6) is 0 Å². The van der Waals surface area contributed by atoms with E-state index < -0.39 is 29.2 Å². The van der Waals surface area contributed by atoms with Gasteiger partial charge in [0.15, 0.2) is 11.6 Å². The Morgan fingerprint density at radius 1 is 0.897 bits per heavy atom. The van der Waals surface area contributed by atoms with Gasteiger partial charge >= 0.3 is 0 Å². The molecule has 2 saturated heterocycles. The van der Waals surface area contributed by atoms with Crippen molar-refractivity contribution in [2.45, 2.75) is 57.9 Å². The molecule has 1 amide bonds. The molecule has 2 aliphatic heterocycles. The van der Waals surface area contributed by atoms with Crippen molar-refractivity contribution in [2.24, 2.45) is 5.92 Å². The average molecular weight is 543 g/mol. The Hall–Kier alpha value is -3.20. The van der Waals surface area contributed by atoms with Crippen LogP contribution in [0, 0.1) is 36.1 Å². The summed E-state index contributed by atoms with van der Waals surface area (Å²) < 4.78 is 57.6. The molecule has 208 valence electrons. The van der Waals surface area contributed by atoms with E-state index in [0.717, 1.165) is 29.6 Å². The van der Waals surface area contributed by atoms with E-state index in [-0.39, 0.29) is 23.3 Å². The topological polar surface area (TPSA) is 41.4 Å². The second-order valence-corrected chi connectivity index (χ2v) is 11.8. The number of aromatic nitrogens is 2. The van der Waals surface area contributed by atoms with Gasteiger partial charge in [0.2, 0.25) is 5.91 Å². The van der Waals surface area contributed by atoms with Gasteiger partial charge < -0.3 is 4.90 Å². The number of hydrogen-bond donors (Lipinski definition) is 0. The van der Waals surface area contributed by atoms with Crippen LogP contribution in [0.4, 0.5) is 17.6 Å². The summed E-state index contributed by atoms with van der Waals surface area (Å²) in [5.41, 5.74) is 2.30. The average Bonchev–Trinajstić information content (AvgIpc) is 3.50. The molecule has 0 aliphatic carbocycles. The summed E-state index contributed by atoms with van der Waals surface area (Å²) in [6, 6.07) is 9.30. The zero-order valence-corrected chi connectivity index (χ0v) is 22.7. The number of piperidine rings is 1. The minimum absolute atomic E-state index is 0.0146. The largest absolute Gasteiger partial charge is 0.342 e. The Kier molecular flexibility index (Phi) is 7.31. The number of carbonyl (C=O) groups excluding carboxylic acids is 1. The first kappa shape index (κ1) is 27.4. The zero-order valence-electron chi connectivity index (χ0n) is 22.7. The van der Waals surface area contributed by atoms with E-state index in [4.69, 9.17) is 0 Å². The van der Waals surface area contributed by atoms with E-state index in [1.807, 2.05) is 17.9 Å². The van der Waals surface area contributed by atoms with Gasteiger partial charge in [-0.3, -0.25) is 9.69 Å². The van der Waals surface area contributed by atoms with Gasteiger partial charge in [0.25, 0.3) is 0 Å². The molecule has 5 nitrogen and oxygen atoms in total. The third kappa shape index (κ3) is 5.46. The molecule has 2 aromatic carbocycles. The second-order valence-electron chi connectivity index (χ2n) is 11.8. The summed E-state index contributed by atoms with van der Waals surface area (Å²) in [5.74, 6) is -3.82. The molecule has 3 heterocycles. The molecule has 39 heavy (non-hydrogen) atoms. The van der Waals surface area contributed by atoms with Crippen molar-refractivity contribution in [3.63, 3.8) is 0 Å². The highest BCUT2D eigenvalue weighted by atomic mass is 19.2. The lowest BCUT2D eigenvalue weighted by molar-refractivity contribution is -0.136. The van der Waals surface area contributed by atoms with E-state index in [1.165, 1.54) is 18.2 Å². The van der Waals surface area contributed by atoms with Crippen LogP contribution in [0.15, 0.2) is 42.5 Å². The normalized spacial score (nSPS) is 21.1. The molecule has 0 bridgehead atoms. The van der Waals surface area contributed by atoms with Crippen LogP contribution in [0.3, 0.4) is 0 Å². The molecule has 0 N–H and O–H groups in total. The summed E-state index contributed by atoms with van der Waals surface area (Å²) >= 11 is 0. The molecule has 2 aliphatic rings. The molecule has 0 spiro atoms. The lowest BCUT2D eigenvalue weighted by Gasteiger charge is -2.35. The number of aryl methyl sites for hydroxylation is 1. The Labute approximate surface area is 226 Å². The summed E-state index contributed by atoms with van der Waals surface area (Å²) in [6.07, 6.45) is 1.37. The van der Waals surface area contributed by atoms with Crippen molar-refractivity contribution in [3.8, 4) is 5.69 Å². The van der Waals surface area contributed by atoms with Crippen molar-refractivity contribution in [3.05, 3.63) is 82.7 Å². The van der Waals surface area contributed by atoms with Gasteiger partial charge in [0.05, 0.1) is 17.3 Å². The Balaban J connectivity index is 1.34. The highest BCUT2D eigenvalue weighted by Gasteiger charge is 2.44. The molecule has 0 unspecified atom stereocenters. The fraction of sp³-hybridized carbons (Fsp3) is 0.467. The van der Waals surface area contributed by atoms with E-state index >= 15 is 0 Å². The van der Waals surface area contributed by atoms with Crippen LogP contribution in [0.2, 0.25) is 0 Å². The molecule has 2 fully saturated rings. The number of benzene rings is 2. The maximum atomic E-state index is 14.8. The van der Waals surface area contributed by atoms with Crippen molar-refractivity contribution >= 4 is 5.91 Å². The van der Waals surface area contributed by atoms with Crippen molar-refractivity contribution in [2.75, 3.05) is 26.2 Å². The SMILES string of the molecule is Cc1cc(C2CCN(C(=O)[C@@H]3CN(C(C)(C)C)C[C@H]3c3ccc(F)cc3F)CC2)n(-c2ccc(F)c(F)c2)n1. The fourth-order valence-corrected chi connectivity index (χ4v) is 5.98. The zero-order chi connectivity index (χ0) is 28.1. The van der Waals surface area contributed by atoms with Crippen LogP contribution in [0.25, 0.3) is 5.69 Å². The standard InChI is InChI=1S/C30H34F4N4O/c1-18-13-28(38(35-18)21-6-8-25(32)27(34)15-21)19-9-11-36(12-10-19)29(39)24-17-37(30(2,3)4)16-23(24)22-7-5-20(31)14-26(22)33/h5-8,13-15,19,23-24H,9-12,16-17H2,1-4H3/t23-,24+/m0/s1. The molecular formula is C30H34F4N4O. The molecule has 1 aromatic heterocycles. The summed E-state index contributed by atoms with van der Waals surface area (Å²) in [7, 11) is 0. The van der Waals surface area contributed by atoms with Crippen LogP contribution in [0.1, 0.15) is 62.4 Å². The molecule has 0 saturated carbocycles. The third-order valence-corrected chi connectivity index (χ3v) is 8.18. The lowest BCUT2D eigenvalue weighted by atomic mass is 9.86. The second kappa shape index (κ2) is 10.4.